The van der Waals surface area contributed by atoms with Crippen LogP contribution in [0, 0.1) is 5.92 Å². The fourth-order valence-corrected chi connectivity index (χ4v) is 3.65. The van der Waals surface area contributed by atoms with Crippen molar-refractivity contribution < 1.29 is 28.7 Å². The molecule has 0 saturated carbocycles. The molecule has 0 aromatic rings. The normalized spacial score (nSPS) is 21.9. The lowest BCUT2D eigenvalue weighted by molar-refractivity contribution is -0.121. The number of likely N-dealkylation sites (tertiary alicyclic amines) is 1. The van der Waals surface area contributed by atoms with E-state index in [2.05, 4.69) is 5.32 Å². The van der Waals surface area contributed by atoms with Gasteiger partial charge < -0.3 is 24.6 Å². The third kappa shape index (κ3) is 11.8. The number of nitrogens with zero attached hydrogens (tertiary/aromatic N) is 2. The van der Waals surface area contributed by atoms with E-state index in [4.69, 9.17) is 9.47 Å². The minimum Gasteiger partial charge on any atom is -0.444 e. The van der Waals surface area contributed by atoms with Crippen LogP contribution in [0.25, 0.3) is 0 Å². The maximum absolute atomic E-state index is 11.9. The second-order valence-corrected chi connectivity index (χ2v) is 11.1. The highest BCUT2D eigenvalue weighted by molar-refractivity contribution is 5.82. The Labute approximate surface area is 204 Å². The van der Waals surface area contributed by atoms with Crippen LogP contribution in [0.4, 0.5) is 9.59 Å². The number of hydrogen-bond acceptors (Lipinski definition) is 7. The van der Waals surface area contributed by atoms with Crippen LogP contribution in [0.3, 0.4) is 0 Å². The van der Waals surface area contributed by atoms with E-state index in [0.717, 1.165) is 32.2 Å². The average molecular weight is 484 g/mol. The van der Waals surface area contributed by atoms with Gasteiger partial charge in [0.15, 0.2) is 0 Å². The SMILES string of the molecule is CC(=O)C1CCCCN(C(=O)OC(C)(C)C)C1.CC(=O)C1CN(C(=O)OC(C)(C)C)CCCN1. The summed E-state index contributed by atoms with van der Waals surface area (Å²) in [5.41, 5.74) is -0.975. The molecule has 2 aliphatic rings. The van der Waals surface area contributed by atoms with E-state index in [0.29, 0.717) is 26.2 Å². The van der Waals surface area contributed by atoms with Gasteiger partial charge >= 0.3 is 12.2 Å². The summed E-state index contributed by atoms with van der Waals surface area (Å²) < 4.78 is 10.6. The third-order valence-electron chi connectivity index (χ3n) is 5.44. The summed E-state index contributed by atoms with van der Waals surface area (Å²) >= 11 is 0. The van der Waals surface area contributed by atoms with Crippen molar-refractivity contribution in [2.24, 2.45) is 5.92 Å². The van der Waals surface area contributed by atoms with E-state index in [9.17, 15) is 19.2 Å². The Morgan fingerprint density at radius 2 is 1.24 bits per heavy atom. The van der Waals surface area contributed by atoms with E-state index >= 15 is 0 Å². The fourth-order valence-electron chi connectivity index (χ4n) is 3.65. The quantitative estimate of drug-likeness (QED) is 0.637. The zero-order chi connectivity index (χ0) is 26.1. The minimum atomic E-state index is -0.497. The van der Waals surface area contributed by atoms with Crippen molar-refractivity contribution in [3.8, 4) is 0 Å². The molecule has 0 aromatic heterocycles. The van der Waals surface area contributed by atoms with Gasteiger partial charge in [0.05, 0.1) is 6.04 Å². The Morgan fingerprint density at radius 3 is 1.71 bits per heavy atom. The second-order valence-electron chi connectivity index (χ2n) is 11.1. The van der Waals surface area contributed by atoms with Gasteiger partial charge in [-0.2, -0.15) is 0 Å². The van der Waals surface area contributed by atoms with Crippen LogP contribution in [-0.4, -0.2) is 83.5 Å². The molecule has 2 unspecified atom stereocenters. The molecule has 0 aromatic carbocycles. The van der Waals surface area contributed by atoms with Gasteiger partial charge in [0.1, 0.15) is 22.8 Å². The molecular formula is C25H45N3O6. The molecule has 9 heteroatoms. The summed E-state index contributed by atoms with van der Waals surface area (Å²) in [5.74, 6) is 0.200. The van der Waals surface area contributed by atoms with Crippen LogP contribution >= 0.6 is 0 Å². The topological polar surface area (TPSA) is 105 Å². The minimum absolute atomic E-state index is 0.0231. The van der Waals surface area contributed by atoms with E-state index in [-0.39, 0.29) is 35.7 Å². The Balaban J connectivity index is 0.000000340. The fraction of sp³-hybridized carbons (Fsp3) is 0.840. The highest BCUT2D eigenvalue weighted by Crippen LogP contribution is 2.19. The van der Waals surface area contributed by atoms with Crippen molar-refractivity contribution in [2.75, 3.05) is 32.7 Å². The molecule has 34 heavy (non-hydrogen) atoms. The molecule has 9 nitrogen and oxygen atoms in total. The molecular weight excluding hydrogens is 438 g/mol. The van der Waals surface area contributed by atoms with Crippen LogP contribution in [0.1, 0.15) is 81.1 Å². The van der Waals surface area contributed by atoms with Gasteiger partial charge in [0.2, 0.25) is 0 Å². The maximum Gasteiger partial charge on any atom is 0.410 e. The van der Waals surface area contributed by atoms with E-state index < -0.39 is 11.2 Å². The molecule has 2 heterocycles. The molecule has 2 saturated heterocycles. The van der Waals surface area contributed by atoms with E-state index in [1.807, 2.05) is 41.5 Å². The number of carbonyl (C=O) groups excluding carboxylic acids is 4. The van der Waals surface area contributed by atoms with Gasteiger partial charge in [-0.1, -0.05) is 6.42 Å². The van der Waals surface area contributed by atoms with E-state index in [1.54, 1.807) is 16.7 Å². The van der Waals surface area contributed by atoms with Crippen molar-refractivity contribution in [3.63, 3.8) is 0 Å². The summed E-state index contributed by atoms with van der Waals surface area (Å²) in [6.45, 7) is 17.2. The summed E-state index contributed by atoms with van der Waals surface area (Å²) in [6.07, 6.45) is 3.03. The molecule has 2 fully saturated rings. The number of nitrogens with one attached hydrogen (secondary N) is 1. The van der Waals surface area contributed by atoms with Crippen LogP contribution in [-0.2, 0) is 19.1 Å². The maximum atomic E-state index is 11.9. The standard InChI is InChI=1S/C13H23NO3.C12H22N2O3/c1-10(15)11-7-5-6-8-14(9-11)12(16)17-13(2,3)4;1-9(15)10-8-14(7-5-6-13-10)11(16)17-12(2,3)4/h11H,5-9H2,1-4H3;10,13H,5-8H2,1-4H3. The number of ketones is 2. The predicted octanol–water partition coefficient (Wildman–Crippen LogP) is 3.79. The summed E-state index contributed by atoms with van der Waals surface area (Å²) in [7, 11) is 0. The smallest absolute Gasteiger partial charge is 0.410 e. The molecule has 0 radical (unpaired) electrons. The Hall–Kier alpha value is -2.16. The van der Waals surface area contributed by atoms with Gasteiger partial charge in [-0.15, -0.1) is 0 Å². The zero-order valence-electron chi connectivity index (χ0n) is 22.4. The van der Waals surface area contributed by atoms with Crippen molar-refractivity contribution in [1.82, 2.24) is 15.1 Å². The molecule has 0 spiro atoms. The van der Waals surface area contributed by atoms with Crippen LogP contribution < -0.4 is 5.32 Å². The summed E-state index contributed by atoms with van der Waals surface area (Å²) in [6, 6.07) is -0.273. The lowest BCUT2D eigenvalue weighted by Crippen LogP contribution is -2.45. The second kappa shape index (κ2) is 13.1. The first-order valence-corrected chi connectivity index (χ1v) is 12.3. The first-order chi connectivity index (χ1) is 15.6. The number of carbonyl (C=O) groups is 4. The third-order valence-corrected chi connectivity index (χ3v) is 5.44. The molecule has 2 atom stereocenters. The van der Waals surface area contributed by atoms with Crippen molar-refractivity contribution >= 4 is 23.8 Å². The monoisotopic (exact) mass is 483 g/mol. The number of ether oxygens (including phenoxy) is 2. The molecule has 2 rings (SSSR count). The number of amides is 2. The van der Waals surface area contributed by atoms with Crippen LogP contribution in [0.5, 0.6) is 0 Å². The molecule has 0 bridgehead atoms. The molecule has 196 valence electrons. The molecule has 0 aliphatic carbocycles. The van der Waals surface area contributed by atoms with Gasteiger partial charge in [-0.25, -0.2) is 9.59 Å². The first kappa shape index (κ1) is 29.9. The number of hydrogen-bond donors (Lipinski definition) is 1. The molecule has 2 aliphatic heterocycles. The number of Topliss-reactive ketones (excluding diaryl/α,β-unsaturated/α-hetero) is 2. The lowest BCUT2D eigenvalue weighted by atomic mass is 10.00. The van der Waals surface area contributed by atoms with E-state index in [1.165, 1.54) is 6.92 Å². The van der Waals surface area contributed by atoms with Crippen LogP contribution in [0.15, 0.2) is 0 Å². The summed E-state index contributed by atoms with van der Waals surface area (Å²) in [5, 5.41) is 3.13. The average Bonchev–Trinajstić information content (AvgIpc) is 3.07. The van der Waals surface area contributed by atoms with Crippen LogP contribution in [0.2, 0.25) is 0 Å². The highest BCUT2D eigenvalue weighted by atomic mass is 16.6. The van der Waals surface area contributed by atoms with Gasteiger partial charge in [-0.05, 0) is 81.2 Å². The van der Waals surface area contributed by atoms with Crippen molar-refractivity contribution in [3.05, 3.63) is 0 Å². The van der Waals surface area contributed by atoms with Gasteiger partial charge in [0.25, 0.3) is 0 Å². The number of rotatable bonds is 2. The first-order valence-electron chi connectivity index (χ1n) is 12.3. The van der Waals surface area contributed by atoms with Crippen molar-refractivity contribution in [1.29, 1.82) is 0 Å². The highest BCUT2D eigenvalue weighted by Gasteiger charge is 2.29. The Bertz CT molecular complexity index is 650. The largest absolute Gasteiger partial charge is 0.444 e. The molecule has 2 amide bonds. The Morgan fingerprint density at radius 1 is 0.735 bits per heavy atom. The van der Waals surface area contributed by atoms with Gasteiger partial charge in [-0.3, -0.25) is 9.59 Å². The zero-order valence-corrected chi connectivity index (χ0v) is 22.4. The van der Waals surface area contributed by atoms with Crippen molar-refractivity contribution in [2.45, 2.75) is 98.3 Å². The predicted molar refractivity (Wildman–Crippen MR) is 131 cm³/mol. The Kier molecular flexibility index (Phi) is 11.5. The summed E-state index contributed by atoms with van der Waals surface area (Å²) in [4.78, 5) is 49.9. The lowest BCUT2D eigenvalue weighted by Gasteiger charge is -2.27. The van der Waals surface area contributed by atoms with Gasteiger partial charge in [0, 0.05) is 32.1 Å². The molecule has 1 N–H and O–H groups in total.